The smallest absolute Gasteiger partial charge is 0.334 e. The lowest BCUT2D eigenvalue weighted by Crippen LogP contribution is -2.61. The Morgan fingerprint density at radius 3 is 2.71 bits per heavy atom. The highest BCUT2D eigenvalue weighted by molar-refractivity contribution is 6.10. The van der Waals surface area contributed by atoms with Crippen LogP contribution in [-0.4, -0.2) is 39.7 Å². The molecule has 76 valence electrons. The maximum absolute atomic E-state index is 11.4. The number of hydrogen-bond acceptors (Lipinski definition) is 3. The number of rotatable bonds is 2. The van der Waals surface area contributed by atoms with Gasteiger partial charge in [-0.2, -0.15) is 0 Å². The molecule has 2 aliphatic heterocycles. The van der Waals surface area contributed by atoms with Crippen LogP contribution in [-0.2, 0) is 14.4 Å². The predicted molar refractivity (Wildman–Crippen MR) is 45.5 cm³/mol. The van der Waals surface area contributed by atoms with Gasteiger partial charge in [0.05, 0.1) is 12.0 Å². The maximum atomic E-state index is 11.4. The summed E-state index contributed by atoms with van der Waals surface area (Å²) in [5, 5.41) is 8.77. The number of β-lactam (4-membered cyclic amide) rings is 1. The normalized spacial score (nSPS) is 35.5. The first kappa shape index (κ1) is 9.18. The summed E-state index contributed by atoms with van der Waals surface area (Å²) in [7, 11) is 0. The molecule has 2 rings (SSSR count). The van der Waals surface area contributed by atoms with Gasteiger partial charge >= 0.3 is 5.97 Å². The molecule has 2 aliphatic rings. The minimum atomic E-state index is -1.21. The van der Waals surface area contributed by atoms with Crippen LogP contribution >= 0.6 is 0 Å². The van der Waals surface area contributed by atoms with Crippen LogP contribution in [0, 0.1) is 5.92 Å². The lowest BCUT2D eigenvalue weighted by molar-refractivity contribution is -0.164. The van der Waals surface area contributed by atoms with E-state index in [9.17, 15) is 14.4 Å². The van der Waals surface area contributed by atoms with Crippen LogP contribution in [0.5, 0.6) is 0 Å². The molecule has 2 heterocycles. The standard InChI is InChI=1S/C9H11NO4/c1-2-4-5-3-6(11)7(9(13)14)10(5)8(4)12/h4-5,7H,2-3H2,1H3,(H,13,14). The summed E-state index contributed by atoms with van der Waals surface area (Å²) in [5.74, 6) is -1.87. The van der Waals surface area contributed by atoms with Gasteiger partial charge in [0.25, 0.3) is 0 Å². The third-order valence-corrected chi connectivity index (χ3v) is 3.06. The van der Waals surface area contributed by atoms with Gasteiger partial charge in [0.1, 0.15) is 0 Å². The minimum absolute atomic E-state index is 0.136. The van der Waals surface area contributed by atoms with Crippen molar-refractivity contribution in [3.63, 3.8) is 0 Å². The van der Waals surface area contributed by atoms with E-state index in [4.69, 9.17) is 5.11 Å². The van der Waals surface area contributed by atoms with E-state index < -0.39 is 12.0 Å². The largest absolute Gasteiger partial charge is 0.479 e. The van der Waals surface area contributed by atoms with Gasteiger partial charge in [0, 0.05) is 6.42 Å². The Bertz CT molecular complexity index is 325. The fourth-order valence-electron chi connectivity index (χ4n) is 2.37. The van der Waals surface area contributed by atoms with Gasteiger partial charge in [-0.05, 0) is 6.42 Å². The van der Waals surface area contributed by atoms with E-state index >= 15 is 0 Å². The second-order valence-corrected chi connectivity index (χ2v) is 3.74. The van der Waals surface area contributed by atoms with Crippen molar-refractivity contribution in [2.45, 2.75) is 31.8 Å². The number of amides is 1. The Morgan fingerprint density at radius 2 is 2.21 bits per heavy atom. The van der Waals surface area contributed by atoms with Gasteiger partial charge < -0.3 is 10.0 Å². The SMILES string of the molecule is CCC1C(=O)N2C(C(=O)O)C(=O)CC12. The highest BCUT2D eigenvalue weighted by Crippen LogP contribution is 2.39. The Labute approximate surface area is 80.7 Å². The van der Waals surface area contributed by atoms with Crippen LogP contribution in [0.3, 0.4) is 0 Å². The van der Waals surface area contributed by atoms with Crippen molar-refractivity contribution in [2.24, 2.45) is 5.92 Å². The van der Waals surface area contributed by atoms with E-state index in [1.54, 1.807) is 0 Å². The first-order chi connectivity index (χ1) is 6.57. The maximum Gasteiger partial charge on any atom is 0.334 e. The predicted octanol–water partition coefficient (Wildman–Crippen LogP) is -0.351. The summed E-state index contributed by atoms with van der Waals surface area (Å²) in [4.78, 5) is 34.7. The number of carbonyl (C=O) groups is 3. The Hall–Kier alpha value is -1.39. The van der Waals surface area contributed by atoms with Crippen LogP contribution < -0.4 is 0 Å². The van der Waals surface area contributed by atoms with Crippen molar-refractivity contribution in [2.75, 3.05) is 0 Å². The van der Waals surface area contributed by atoms with Crippen molar-refractivity contribution in [3.8, 4) is 0 Å². The fourth-order valence-corrected chi connectivity index (χ4v) is 2.37. The number of fused-ring (bicyclic) bond motifs is 1. The molecule has 0 saturated carbocycles. The number of ketones is 1. The summed E-state index contributed by atoms with van der Waals surface area (Å²) in [5.41, 5.74) is 0. The molecule has 0 aromatic carbocycles. The molecule has 5 heteroatoms. The average molecular weight is 197 g/mol. The van der Waals surface area contributed by atoms with Crippen LogP contribution in [0.15, 0.2) is 0 Å². The number of carbonyl (C=O) groups excluding carboxylic acids is 2. The highest BCUT2D eigenvalue weighted by Gasteiger charge is 2.58. The number of hydrogen-bond donors (Lipinski definition) is 1. The number of aliphatic carboxylic acids is 1. The molecule has 0 spiro atoms. The molecule has 0 aliphatic carbocycles. The van der Waals surface area contributed by atoms with Gasteiger partial charge in [-0.3, -0.25) is 9.59 Å². The van der Waals surface area contributed by atoms with Crippen molar-refractivity contribution in [1.29, 1.82) is 0 Å². The van der Waals surface area contributed by atoms with Gasteiger partial charge in [0.15, 0.2) is 11.8 Å². The lowest BCUT2D eigenvalue weighted by Gasteiger charge is -2.43. The first-order valence-electron chi connectivity index (χ1n) is 4.65. The van der Waals surface area contributed by atoms with E-state index in [2.05, 4.69) is 0 Å². The van der Waals surface area contributed by atoms with Crippen LogP contribution in [0.2, 0.25) is 0 Å². The highest BCUT2D eigenvalue weighted by atomic mass is 16.4. The second kappa shape index (κ2) is 2.80. The Morgan fingerprint density at radius 1 is 1.57 bits per heavy atom. The molecular formula is C9H11NO4. The molecule has 0 aromatic heterocycles. The van der Waals surface area contributed by atoms with E-state index in [-0.39, 0.29) is 30.1 Å². The molecule has 1 amide bonds. The topological polar surface area (TPSA) is 74.7 Å². The minimum Gasteiger partial charge on any atom is -0.479 e. The third kappa shape index (κ3) is 0.921. The molecule has 0 aromatic rings. The van der Waals surface area contributed by atoms with Gasteiger partial charge in [-0.1, -0.05) is 6.92 Å². The zero-order chi connectivity index (χ0) is 10.5. The first-order valence-corrected chi connectivity index (χ1v) is 4.65. The average Bonchev–Trinajstić information content (AvgIpc) is 2.40. The molecule has 14 heavy (non-hydrogen) atoms. The van der Waals surface area contributed by atoms with E-state index in [1.165, 1.54) is 4.90 Å². The molecule has 3 unspecified atom stereocenters. The molecule has 0 radical (unpaired) electrons. The monoisotopic (exact) mass is 197 g/mol. The van der Waals surface area contributed by atoms with Crippen molar-refractivity contribution >= 4 is 17.7 Å². The van der Waals surface area contributed by atoms with Crippen molar-refractivity contribution < 1.29 is 19.5 Å². The number of carboxylic acid groups (broad SMARTS) is 1. The van der Waals surface area contributed by atoms with Crippen LogP contribution in [0.25, 0.3) is 0 Å². The lowest BCUT2D eigenvalue weighted by atomic mass is 9.86. The summed E-state index contributed by atoms with van der Waals surface area (Å²) < 4.78 is 0. The number of carboxylic acids is 1. The zero-order valence-corrected chi connectivity index (χ0v) is 7.77. The van der Waals surface area contributed by atoms with Gasteiger partial charge in [-0.25, -0.2) is 4.79 Å². The zero-order valence-electron chi connectivity index (χ0n) is 7.77. The van der Waals surface area contributed by atoms with E-state index in [0.717, 1.165) is 0 Å². The van der Waals surface area contributed by atoms with Crippen molar-refractivity contribution in [1.82, 2.24) is 4.90 Å². The molecule has 3 atom stereocenters. The van der Waals surface area contributed by atoms with Gasteiger partial charge in [-0.15, -0.1) is 0 Å². The molecule has 2 saturated heterocycles. The summed E-state index contributed by atoms with van der Waals surface area (Å²) in [6, 6.07) is -1.36. The Kier molecular flexibility index (Phi) is 1.83. The third-order valence-electron chi connectivity index (χ3n) is 3.06. The molecule has 5 nitrogen and oxygen atoms in total. The molecule has 2 fully saturated rings. The van der Waals surface area contributed by atoms with Crippen LogP contribution in [0.4, 0.5) is 0 Å². The van der Waals surface area contributed by atoms with Crippen LogP contribution in [0.1, 0.15) is 19.8 Å². The van der Waals surface area contributed by atoms with E-state index in [1.807, 2.05) is 6.92 Å². The van der Waals surface area contributed by atoms with E-state index in [0.29, 0.717) is 6.42 Å². The van der Waals surface area contributed by atoms with Crippen molar-refractivity contribution in [3.05, 3.63) is 0 Å². The molecule has 1 N–H and O–H groups in total. The molecule has 0 bridgehead atoms. The second-order valence-electron chi connectivity index (χ2n) is 3.74. The number of Topliss-reactive ketones (excluding diaryl/α,β-unsaturated/α-hetero) is 1. The van der Waals surface area contributed by atoms with Gasteiger partial charge in [0.2, 0.25) is 5.91 Å². The summed E-state index contributed by atoms with van der Waals surface area (Å²) >= 11 is 0. The Balaban J connectivity index is 2.23. The summed E-state index contributed by atoms with van der Waals surface area (Å²) in [6.07, 6.45) is 0.890. The summed E-state index contributed by atoms with van der Waals surface area (Å²) in [6.45, 7) is 1.87. The fraction of sp³-hybridized carbons (Fsp3) is 0.667. The number of nitrogens with zero attached hydrogens (tertiary/aromatic N) is 1. The quantitative estimate of drug-likeness (QED) is 0.485. The molecular weight excluding hydrogens is 186 g/mol.